The Labute approximate surface area is 132 Å². The van der Waals surface area contributed by atoms with Gasteiger partial charge in [-0.3, -0.25) is 4.79 Å². The van der Waals surface area contributed by atoms with E-state index in [1.807, 2.05) is 26.0 Å². The number of halogens is 1. The van der Waals surface area contributed by atoms with E-state index in [0.29, 0.717) is 10.8 Å². The average Bonchev–Trinajstić information content (AvgIpc) is 2.33. The van der Waals surface area contributed by atoms with E-state index in [-0.39, 0.29) is 24.1 Å². The van der Waals surface area contributed by atoms with Gasteiger partial charge in [0.2, 0.25) is 0 Å². The lowest BCUT2D eigenvalue weighted by molar-refractivity contribution is -0.123. The van der Waals surface area contributed by atoms with E-state index in [0.717, 1.165) is 12.1 Å². The molecule has 0 aromatic heterocycles. The van der Waals surface area contributed by atoms with Crippen LogP contribution in [0.25, 0.3) is 0 Å². The van der Waals surface area contributed by atoms with Crippen molar-refractivity contribution in [3.8, 4) is 5.75 Å². The predicted octanol–water partition coefficient (Wildman–Crippen LogP) is 3.13. The maximum atomic E-state index is 11.5. The zero-order valence-corrected chi connectivity index (χ0v) is 14.2. The van der Waals surface area contributed by atoms with Gasteiger partial charge in [0.05, 0.1) is 5.02 Å². The standard InChI is InChI=1S/C16H25ClN2O2/c1-11(2)19-15(20)10-21-14-7-6-12(8-13(14)17)9-18-16(3,4)5/h6-8,11,18H,9-10H2,1-5H3,(H,19,20). The van der Waals surface area contributed by atoms with E-state index in [4.69, 9.17) is 16.3 Å². The van der Waals surface area contributed by atoms with Crippen LogP contribution in [-0.4, -0.2) is 24.1 Å². The molecule has 0 aliphatic carbocycles. The Morgan fingerprint density at radius 2 is 2.00 bits per heavy atom. The number of amides is 1. The van der Waals surface area contributed by atoms with Gasteiger partial charge in [-0.2, -0.15) is 0 Å². The van der Waals surface area contributed by atoms with Crippen molar-refractivity contribution in [2.75, 3.05) is 6.61 Å². The van der Waals surface area contributed by atoms with Gasteiger partial charge in [-0.1, -0.05) is 17.7 Å². The number of ether oxygens (including phenoxy) is 1. The monoisotopic (exact) mass is 312 g/mol. The summed E-state index contributed by atoms with van der Waals surface area (Å²) in [6, 6.07) is 5.70. The van der Waals surface area contributed by atoms with Crippen molar-refractivity contribution in [2.45, 2.75) is 52.7 Å². The van der Waals surface area contributed by atoms with Gasteiger partial charge in [-0.25, -0.2) is 0 Å². The molecule has 0 bridgehead atoms. The number of benzene rings is 1. The Kier molecular flexibility index (Phi) is 6.49. The minimum atomic E-state index is -0.153. The van der Waals surface area contributed by atoms with Crippen molar-refractivity contribution in [1.82, 2.24) is 10.6 Å². The minimum absolute atomic E-state index is 0.0303. The van der Waals surface area contributed by atoms with Crippen LogP contribution in [0, 0.1) is 0 Å². The van der Waals surface area contributed by atoms with Gasteiger partial charge in [-0.05, 0) is 52.3 Å². The van der Waals surface area contributed by atoms with Gasteiger partial charge in [0.15, 0.2) is 6.61 Å². The molecule has 1 aromatic rings. The largest absolute Gasteiger partial charge is 0.482 e. The van der Waals surface area contributed by atoms with Crippen LogP contribution in [0.15, 0.2) is 18.2 Å². The highest BCUT2D eigenvalue weighted by Crippen LogP contribution is 2.25. The van der Waals surface area contributed by atoms with E-state index in [9.17, 15) is 4.79 Å². The summed E-state index contributed by atoms with van der Waals surface area (Å²) >= 11 is 6.18. The number of hydrogen-bond acceptors (Lipinski definition) is 3. The van der Waals surface area contributed by atoms with Gasteiger partial charge in [-0.15, -0.1) is 0 Å². The lowest BCUT2D eigenvalue weighted by Gasteiger charge is -2.20. The molecule has 0 saturated heterocycles. The van der Waals surface area contributed by atoms with Crippen LogP contribution in [0.3, 0.4) is 0 Å². The molecule has 5 heteroatoms. The van der Waals surface area contributed by atoms with E-state index >= 15 is 0 Å². The normalized spacial score (nSPS) is 11.6. The Balaban J connectivity index is 2.56. The van der Waals surface area contributed by atoms with Crippen LogP contribution in [0.1, 0.15) is 40.2 Å². The first-order chi connectivity index (χ1) is 9.67. The maximum absolute atomic E-state index is 11.5. The maximum Gasteiger partial charge on any atom is 0.258 e. The van der Waals surface area contributed by atoms with Gasteiger partial charge < -0.3 is 15.4 Å². The molecule has 0 radical (unpaired) electrons. The first-order valence-electron chi connectivity index (χ1n) is 7.13. The lowest BCUT2D eigenvalue weighted by Crippen LogP contribution is -2.35. The third kappa shape index (κ3) is 7.34. The second kappa shape index (κ2) is 7.66. The van der Waals surface area contributed by atoms with Crippen LogP contribution in [-0.2, 0) is 11.3 Å². The van der Waals surface area contributed by atoms with Crippen LogP contribution in [0.5, 0.6) is 5.75 Å². The zero-order chi connectivity index (χ0) is 16.0. The fourth-order valence-corrected chi connectivity index (χ4v) is 1.90. The highest BCUT2D eigenvalue weighted by atomic mass is 35.5. The van der Waals surface area contributed by atoms with E-state index in [1.165, 1.54) is 0 Å². The molecule has 1 amide bonds. The number of hydrogen-bond donors (Lipinski definition) is 2. The smallest absolute Gasteiger partial charge is 0.258 e. The second-order valence-electron chi connectivity index (χ2n) is 6.38. The molecule has 1 rings (SSSR count). The molecule has 21 heavy (non-hydrogen) atoms. The molecule has 118 valence electrons. The quantitative estimate of drug-likeness (QED) is 0.848. The predicted molar refractivity (Wildman–Crippen MR) is 86.8 cm³/mol. The third-order valence-corrected chi connectivity index (χ3v) is 2.92. The summed E-state index contributed by atoms with van der Waals surface area (Å²) in [6.45, 7) is 10.8. The molecule has 0 saturated carbocycles. The van der Waals surface area contributed by atoms with Crippen LogP contribution in [0.4, 0.5) is 0 Å². The molecule has 0 aliphatic heterocycles. The summed E-state index contributed by atoms with van der Waals surface area (Å²) in [5, 5.41) is 6.67. The molecule has 2 N–H and O–H groups in total. The SMILES string of the molecule is CC(C)NC(=O)COc1ccc(CNC(C)(C)C)cc1Cl. The van der Waals surface area contributed by atoms with Crippen LogP contribution >= 0.6 is 11.6 Å². The summed E-state index contributed by atoms with van der Waals surface area (Å²) in [6.07, 6.45) is 0. The second-order valence-corrected chi connectivity index (χ2v) is 6.79. The molecule has 1 aromatic carbocycles. The summed E-state index contributed by atoms with van der Waals surface area (Å²) < 4.78 is 5.44. The molecule has 0 unspecified atom stereocenters. The average molecular weight is 313 g/mol. The molecule has 0 aliphatic rings. The van der Waals surface area contributed by atoms with Gasteiger partial charge >= 0.3 is 0 Å². The topological polar surface area (TPSA) is 50.4 Å². The van der Waals surface area contributed by atoms with Crippen molar-refractivity contribution in [1.29, 1.82) is 0 Å². The van der Waals surface area contributed by atoms with Crippen LogP contribution < -0.4 is 15.4 Å². The number of nitrogens with one attached hydrogen (secondary N) is 2. The van der Waals surface area contributed by atoms with Crippen molar-refractivity contribution in [3.63, 3.8) is 0 Å². The van der Waals surface area contributed by atoms with Gasteiger partial charge in [0.25, 0.3) is 5.91 Å². The molecule has 0 heterocycles. The molecule has 4 nitrogen and oxygen atoms in total. The van der Waals surface area contributed by atoms with E-state index in [2.05, 4.69) is 31.4 Å². The fraction of sp³-hybridized carbons (Fsp3) is 0.562. The molecule has 0 atom stereocenters. The molecule has 0 fully saturated rings. The zero-order valence-electron chi connectivity index (χ0n) is 13.4. The first kappa shape index (κ1) is 17.8. The third-order valence-electron chi connectivity index (χ3n) is 2.63. The molecular weight excluding hydrogens is 288 g/mol. The molecular formula is C16H25ClN2O2. The minimum Gasteiger partial charge on any atom is -0.482 e. The summed E-state index contributed by atoms with van der Waals surface area (Å²) in [5.41, 5.74) is 1.13. The Bertz CT molecular complexity index is 482. The number of carbonyl (C=O) groups is 1. The Morgan fingerprint density at radius 3 is 2.52 bits per heavy atom. The summed E-state index contributed by atoms with van der Waals surface area (Å²) in [5.74, 6) is 0.370. The summed E-state index contributed by atoms with van der Waals surface area (Å²) in [4.78, 5) is 11.5. The number of carbonyl (C=O) groups excluding carboxylic acids is 1. The highest BCUT2D eigenvalue weighted by Gasteiger charge is 2.10. The number of rotatable bonds is 6. The Hall–Kier alpha value is -1.26. The van der Waals surface area contributed by atoms with Crippen molar-refractivity contribution >= 4 is 17.5 Å². The summed E-state index contributed by atoms with van der Waals surface area (Å²) in [7, 11) is 0. The van der Waals surface area contributed by atoms with Crippen molar-refractivity contribution in [3.05, 3.63) is 28.8 Å². The lowest BCUT2D eigenvalue weighted by atomic mass is 10.1. The van der Waals surface area contributed by atoms with E-state index in [1.54, 1.807) is 6.07 Å². The highest BCUT2D eigenvalue weighted by molar-refractivity contribution is 6.32. The van der Waals surface area contributed by atoms with Crippen LogP contribution in [0.2, 0.25) is 5.02 Å². The molecule has 0 spiro atoms. The first-order valence-corrected chi connectivity index (χ1v) is 7.51. The van der Waals surface area contributed by atoms with Crippen molar-refractivity contribution in [2.24, 2.45) is 0 Å². The Morgan fingerprint density at radius 1 is 1.33 bits per heavy atom. The van der Waals surface area contributed by atoms with Crippen molar-refractivity contribution < 1.29 is 9.53 Å². The van der Waals surface area contributed by atoms with Gasteiger partial charge in [0.1, 0.15) is 5.75 Å². The van der Waals surface area contributed by atoms with Gasteiger partial charge in [0, 0.05) is 18.1 Å². The fourth-order valence-electron chi connectivity index (χ4n) is 1.65. The van der Waals surface area contributed by atoms with E-state index < -0.39 is 0 Å².